The first kappa shape index (κ1) is 15.5. The van der Waals surface area contributed by atoms with E-state index in [2.05, 4.69) is 45.5 Å². The van der Waals surface area contributed by atoms with Crippen molar-refractivity contribution < 1.29 is 5.21 Å². The molecule has 0 unspecified atom stereocenters. The second-order valence-corrected chi connectivity index (χ2v) is 5.72. The second-order valence-electron chi connectivity index (χ2n) is 4.80. The van der Waals surface area contributed by atoms with Gasteiger partial charge < -0.3 is 16.3 Å². The van der Waals surface area contributed by atoms with E-state index in [1.165, 1.54) is 5.56 Å². The lowest BCUT2D eigenvalue weighted by Gasteiger charge is -2.16. The lowest BCUT2D eigenvalue weighted by molar-refractivity contribution is 0.318. The number of nitrogens with zero attached hydrogens (tertiary/aromatic N) is 1. The van der Waals surface area contributed by atoms with E-state index in [4.69, 9.17) is 10.9 Å². The number of nitrogens with two attached hydrogens (primary N) is 1. The molecular weight excluding hydrogens is 330 g/mol. The number of rotatable bonds is 5. The highest BCUT2D eigenvalue weighted by molar-refractivity contribution is 9.10. The molecule has 0 saturated heterocycles. The van der Waals surface area contributed by atoms with Gasteiger partial charge in [0.25, 0.3) is 0 Å². The minimum atomic E-state index is 0.127. The Balaban J connectivity index is 2.10. The maximum absolute atomic E-state index is 8.84. The number of hydrogen-bond acceptors (Lipinski definition) is 3. The summed E-state index contributed by atoms with van der Waals surface area (Å²) in [7, 11) is 0. The molecule has 2 rings (SSSR count). The summed E-state index contributed by atoms with van der Waals surface area (Å²) in [6.07, 6.45) is 0. The molecule has 0 aliphatic carbocycles. The summed E-state index contributed by atoms with van der Waals surface area (Å²) in [5.41, 5.74) is 8.64. The third kappa shape index (κ3) is 4.06. The summed E-state index contributed by atoms with van der Waals surface area (Å²) in [5.74, 6) is 0.127. The van der Waals surface area contributed by atoms with Crippen LogP contribution in [0.1, 0.15) is 29.7 Å². The molecule has 0 spiro atoms. The lowest BCUT2D eigenvalue weighted by atomic mass is 10.0. The van der Waals surface area contributed by atoms with Crippen molar-refractivity contribution in [3.05, 3.63) is 69.7 Å². The van der Waals surface area contributed by atoms with Crippen molar-refractivity contribution in [1.29, 1.82) is 0 Å². The Bertz CT molecular complexity index is 643. The third-order valence-corrected chi connectivity index (χ3v) is 3.84. The summed E-state index contributed by atoms with van der Waals surface area (Å²) in [6, 6.07) is 16.0. The van der Waals surface area contributed by atoms with Gasteiger partial charge in [-0.15, -0.1) is 0 Å². The molecule has 0 aromatic heterocycles. The van der Waals surface area contributed by atoms with E-state index < -0.39 is 0 Å². The van der Waals surface area contributed by atoms with Crippen molar-refractivity contribution in [1.82, 2.24) is 5.32 Å². The van der Waals surface area contributed by atoms with E-state index in [-0.39, 0.29) is 11.9 Å². The van der Waals surface area contributed by atoms with Gasteiger partial charge in [-0.2, -0.15) is 0 Å². The van der Waals surface area contributed by atoms with Crippen LogP contribution in [-0.4, -0.2) is 11.0 Å². The third-order valence-electron chi connectivity index (χ3n) is 3.35. The van der Waals surface area contributed by atoms with Crippen LogP contribution in [0.3, 0.4) is 0 Å². The van der Waals surface area contributed by atoms with Crippen LogP contribution in [0.5, 0.6) is 0 Å². The van der Waals surface area contributed by atoms with E-state index in [1.807, 2.05) is 36.4 Å². The summed E-state index contributed by atoms with van der Waals surface area (Å²) in [6.45, 7) is 2.74. The number of nitrogens with one attached hydrogen (secondary N) is 1. The smallest absolute Gasteiger partial charge is 0.170 e. The SMILES string of the molecule is C[C@@H](NCc1ccccc1/C(N)=N/O)c1cccc(Br)c1. The van der Waals surface area contributed by atoms with Crippen LogP contribution >= 0.6 is 15.9 Å². The zero-order valence-corrected chi connectivity index (χ0v) is 13.3. The standard InChI is InChI=1S/C16H18BrN3O/c1-11(12-6-4-7-14(17)9-12)19-10-13-5-2-3-8-15(13)16(18)20-21/h2-9,11,19,21H,10H2,1H3,(H2,18,20)/t11-/m1/s1. The van der Waals surface area contributed by atoms with E-state index in [0.29, 0.717) is 6.54 Å². The van der Waals surface area contributed by atoms with Gasteiger partial charge in [-0.05, 0) is 30.2 Å². The molecule has 0 bridgehead atoms. The van der Waals surface area contributed by atoms with Gasteiger partial charge in [0.1, 0.15) is 0 Å². The van der Waals surface area contributed by atoms with Gasteiger partial charge in [-0.25, -0.2) is 0 Å². The van der Waals surface area contributed by atoms with E-state index in [1.54, 1.807) is 0 Å². The highest BCUT2D eigenvalue weighted by atomic mass is 79.9. The van der Waals surface area contributed by atoms with Gasteiger partial charge >= 0.3 is 0 Å². The first-order valence-corrected chi connectivity index (χ1v) is 7.45. The molecule has 2 aromatic carbocycles. The Morgan fingerprint density at radius 3 is 2.76 bits per heavy atom. The minimum Gasteiger partial charge on any atom is -0.409 e. The van der Waals surface area contributed by atoms with E-state index in [0.717, 1.165) is 15.6 Å². The first-order valence-electron chi connectivity index (χ1n) is 6.66. The fourth-order valence-corrected chi connectivity index (χ4v) is 2.55. The first-order chi connectivity index (χ1) is 10.1. The fourth-order valence-electron chi connectivity index (χ4n) is 2.14. The minimum absolute atomic E-state index is 0.127. The molecule has 0 saturated carbocycles. The maximum Gasteiger partial charge on any atom is 0.170 e. The molecule has 0 aliphatic rings. The van der Waals surface area contributed by atoms with Gasteiger partial charge in [0.2, 0.25) is 0 Å². The molecule has 4 nitrogen and oxygen atoms in total. The van der Waals surface area contributed by atoms with Crippen LogP contribution in [-0.2, 0) is 6.54 Å². The molecule has 21 heavy (non-hydrogen) atoms. The van der Waals surface area contributed by atoms with Crippen LogP contribution in [0.25, 0.3) is 0 Å². The Labute approximate surface area is 132 Å². The summed E-state index contributed by atoms with van der Waals surface area (Å²) < 4.78 is 1.06. The molecular formula is C16H18BrN3O. The highest BCUT2D eigenvalue weighted by Gasteiger charge is 2.09. The van der Waals surface area contributed by atoms with Gasteiger partial charge in [0.15, 0.2) is 5.84 Å². The quantitative estimate of drug-likeness (QED) is 0.336. The molecule has 0 amide bonds. The molecule has 0 fully saturated rings. The number of halogens is 1. The number of hydrogen-bond donors (Lipinski definition) is 3. The van der Waals surface area contributed by atoms with E-state index >= 15 is 0 Å². The lowest BCUT2D eigenvalue weighted by Crippen LogP contribution is -2.22. The predicted octanol–water partition coefficient (Wildman–Crippen LogP) is 3.39. The predicted molar refractivity (Wildman–Crippen MR) is 88.3 cm³/mol. The fraction of sp³-hybridized carbons (Fsp3) is 0.188. The largest absolute Gasteiger partial charge is 0.409 e. The van der Waals surface area contributed by atoms with Crippen molar-refractivity contribution >= 4 is 21.8 Å². The second kappa shape index (κ2) is 7.24. The van der Waals surface area contributed by atoms with Gasteiger partial charge in [0.05, 0.1) is 0 Å². The van der Waals surface area contributed by atoms with Crippen molar-refractivity contribution in [3.8, 4) is 0 Å². The summed E-state index contributed by atoms with van der Waals surface area (Å²) in [4.78, 5) is 0. The van der Waals surface area contributed by atoms with Crippen molar-refractivity contribution in [3.63, 3.8) is 0 Å². The molecule has 110 valence electrons. The van der Waals surface area contributed by atoms with E-state index in [9.17, 15) is 0 Å². The Morgan fingerprint density at radius 1 is 1.29 bits per heavy atom. The zero-order valence-electron chi connectivity index (χ0n) is 11.8. The van der Waals surface area contributed by atoms with Gasteiger partial charge in [-0.1, -0.05) is 57.5 Å². The topological polar surface area (TPSA) is 70.6 Å². The monoisotopic (exact) mass is 347 g/mol. The zero-order chi connectivity index (χ0) is 15.2. The molecule has 0 aliphatic heterocycles. The molecule has 0 heterocycles. The van der Waals surface area contributed by atoms with Crippen molar-refractivity contribution in [2.24, 2.45) is 10.9 Å². The Hall–Kier alpha value is -1.85. The van der Waals surface area contributed by atoms with Crippen LogP contribution in [0.4, 0.5) is 0 Å². The maximum atomic E-state index is 8.84. The molecule has 5 heteroatoms. The van der Waals surface area contributed by atoms with Crippen molar-refractivity contribution in [2.75, 3.05) is 0 Å². The molecule has 1 atom stereocenters. The molecule has 4 N–H and O–H groups in total. The Kier molecular flexibility index (Phi) is 5.36. The average Bonchev–Trinajstić information content (AvgIpc) is 2.52. The summed E-state index contributed by atoms with van der Waals surface area (Å²) in [5, 5.41) is 15.4. The van der Waals surface area contributed by atoms with Crippen LogP contribution in [0.2, 0.25) is 0 Å². The Morgan fingerprint density at radius 2 is 2.05 bits per heavy atom. The van der Waals surface area contributed by atoms with Gasteiger partial charge in [-0.3, -0.25) is 0 Å². The van der Waals surface area contributed by atoms with Gasteiger partial charge in [0, 0.05) is 22.6 Å². The number of benzene rings is 2. The average molecular weight is 348 g/mol. The van der Waals surface area contributed by atoms with Crippen LogP contribution in [0.15, 0.2) is 58.2 Å². The van der Waals surface area contributed by atoms with Crippen LogP contribution in [0, 0.1) is 0 Å². The summed E-state index contributed by atoms with van der Waals surface area (Å²) >= 11 is 3.48. The van der Waals surface area contributed by atoms with Crippen LogP contribution < -0.4 is 11.1 Å². The van der Waals surface area contributed by atoms with Crippen molar-refractivity contribution in [2.45, 2.75) is 19.5 Å². The number of oxime groups is 1. The highest BCUT2D eigenvalue weighted by Crippen LogP contribution is 2.18. The normalized spacial score (nSPS) is 13.1. The number of amidine groups is 1. The molecule has 0 radical (unpaired) electrons. The molecule has 2 aromatic rings.